The fourth-order valence-electron chi connectivity index (χ4n) is 2.78. The van der Waals surface area contributed by atoms with Crippen LogP contribution < -0.4 is 16.1 Å². The largest absolute Gasteiger partial charge is 0.309 e. The predicted molar refractivity (Wildman–Crippen MR) is 102 cm³/mol. The van der Waals surface area contributed by atoms with Crippen molar-refractivity contribution >= 4 is 28.3 Å². The number of thiazole rings is 1. The second-order valence-corrected chi connectivity index (χ2v) is 7.06. The van der Waals surface area contributed by atoms with Gasteiger partial charge in [-0.2, -0.15) is 0 Å². The molecule has 8 heteroatoms. The summed E-state index contributed by atoms with van der Waals surface area (Å²) in [4.78, 5) is 27.9. The molecule has 2 atom stereocenters. The third-order valence-electron chi connectivity index (χ3n) is 4.30. The second kappa shape index (κ2) is 10.8. The average molecular weight is 378 g/mol. The zero-order valence-electron chi connectivity index (χ0n) is 14.9. The molecule has 0 saturated heterocycles. The van der Waals surface area contributed by atoms with E-state index in [2.05, 4.69) is 27.8 Å². The molecule has 0 aliphatic heterocycles. The van der Waals surface area contributed by atoms with E-state index in [1.54, 1.807) is 12.5 Å². The molecule has 2 amide bonds. The van der Waals surface area contributed by atoms with Gasteiger partial charge in [-0.1, -0.05) is 37.1 Å². The van der Waals surface area contributed by atoms with Gasteiger partial charge in [-0.15, -0.1) is 11.3 Å². The van der Waals surface area contributed by atoms with E-state index in [1.807, 2.05) is 17.5 Å². The summed E-state index contributed by atoms with van der Waals surface area (Å²) in [5.74, 6) is -0.200. The number of hydrogen-bond acceptors (Lipinski definition) is 6. The smallest absolute Gasteiger partial charge is 0.243 e. The van der Waals surface area contributed by atoms with Crippen molar-refractivity contribution in [1.29, 1.82) is 0 Å². The number of hydroxylamine groups is 1. The van der Waals surface area contributed by atoms with Gasteiger partial charge in [-0.3, -0.25) is 14.8 Å². The number of likely N-dealkylation sites (N-methyl/N-ethyl adjacent to an activating group) is 1. The summed E-state index contributed by atoms with van der Waals surface area (Å²) in [7, 11) is 1.76. The highest BCUT2D eigenvalue weighted by atomic mass is 32.1. The van der Waals surface area contributed by atoms with E-state index in [-0.39, 0.29) is 23.8 Å². The average Bonchev–Trinajstić information content (AvgIpc) is 3.13. The van der Waals surface area contributed by atoms with Crippen LogP contribution in [0.15, 0.2) is 29.7 Å². The number of aromatic nitrogens is 1. The molecule has 142 valence electrons. The van der Waals surface area contributed by atoms with Gasteiger partial charge in [0.1, 0.15) is 0 Å². The third-order valence-corrected chi connectivity index (χ3v) is 5.07. The minimum absolute atomic E-state index is 0.0967. The SMILES string of the molecule is CN[C@@H](CCCCCC(=O)NO)C(=O)Nc1nc(C2C=CC=CC2)cs1. The highest BCUT2D eigenvalue weighted by molar-refractivity contribution is 7.13. The van der Waals surface area contributed by atoms with Crippen LogP contribution in [-0.4, -0.2) is 35.1 Å². The van der Waals surface area contributed by atoms with Gasteiger partial charge in [-0.05, 0) is 26.3 Å². The molecule has 0 bridgehead atoms. The van der Waals surface area contributed by atoms with Crippen molar-refractivity contribution in [3.8, 4) is 0 Å². The molecule has 4 N–H and O–H groups in total. The van der Waals surface area contributed by atoms with Gasteiger partial charge >= 0.3 is 0 Å². The van der Waals surface area contributed by atoms with Crippen molar-refractivity contribution < 1.29 is 14.8 Å². The van der Waals surface area contributed by atoms with Crippen molar-refractivity contribution in [1.82, 2.24) is 15.8 Å². The normalized spacial score (nSPS) is 17.1. The zero-order chi connectivity index (χ0) is 18.8. The molecule has 0 spiro atoms. The maximum Gasteiger partial charge on any atom is 0.243 e. The van der Waals surface area contributed by atoms with E-state index in [0.717, 1.165) is 25.0 Å². The zero-order valence-corrected chi connectivity index (χ0v) is 15.7. The number of unbranched alkanes of at least 4 members (excludes halogenated alkanes) is 2. The van der Waals surface area contributed by atoms with Crippen LogP contribution >= 0.6 is 11.3 Å². The van der Waals surface area contributed by atoms with Crippen LogP contribution in [-0.2, 0) is 9.59 Å². The van der Waals surface area contributed by atoms with Gasteiger partial charge in [-0.25, -0.2) is 10.5 Å². The van der Waals surface area contributed by atoms with Gasteiger partial charge < -0.3 is 10.6 Å². The van der Waals surface area contributed by atoms with Crippen LogP contribution in [0.2, 0.25) is 0 Å². The Morgan fingerprint density at radius 3 is 2.88 bits per heavy atom. The topological polar surface area (TPSA) is 103 Å². The number of hydrogen-bond donors (Lipinski definition) is 4. The number of amides is 2. The highest BCUT2D eigenvalue weighted by Crippen LogP contribution is 2.27. The maximum atomic E-state index is 12.4. The number of nitrogens with one attached hydrogen (secondary N) is 3. The summed E-state index contributed by atoms with van der Waals surface area (Å²) in [6, 6.07) is -0.300. The molecule has 26 heavy (non-hydrogen) atoms. The second-order valence-electron chi connectivity index (χ2n) is 6.20. The van der Waals surface area contributed by atoms with Gasteiger partial charge in [0.2, 0.25) is 11.8 Å². The van der Waals surface area contributed by atoms with E-state index in [4.69, 9.17) is 5.21 Å². The van der Waals surface area contributed by atoms with Crippen LogP contribution in [0, 0.1) is 0 Å². The van der Waals surface area contributed by atoms with Crippen molar-refractivity contribution in [2.24, 2.45) is 0 Å². The van der Waals surface area contributed by atoms with Crippen molar-refractivity contribution in [3.05, 3.63) is 35.4 Å². The molecule has 2 rings (SSSR count). The first-order chi connectivity index (χ1) is 12.6. The molecule has 0 saturated carbocycles. The molecule has 1 aromatic heterocycles. The fourth-order valence-corrected chi connectivity index (χ4v) is 3.56. The molecule has 1 aromatic rings. The van der Waals surface area contributed by atoms with Crippen LogP contribution in [0.25, 0.3) is 0 Å². The van der Waals surface area contributed by atoms with Gasteiger partial charge in [0, 0.05) is 17.7 Å². The number of carbonyl (C=O) groups excluding carboxylic acids is 2. The molecule has 0 radical (unpaired) electrons. The van der Waals surface area contributed by atoms with E-state index in [1.165, 1.54) is 11.3 Å². The first-order valence-corrected chi connectivity index (χ1v) is 9.71. The van der Waals surface area contributed by atoms with Crippen LogP contribution in [0.4, 0.5) is 5.13 Å². The lowest BCUT2D eigenvalue weighted by atomic mass is 9.98. The molecule has 7 nitrogen and oxygen atoms in total. The predicted octanol–water partition coefficient (Wildman–Crippen LogP) is 2.73. The van der Waals surface area contributed by atoms with Crippen LogP contribution in [0.5, 0.6) is 0 Å². The minimum atomic E-state index is -0.379. The molecular weight excluding hydrogens is 352 g/mol. The van der Waals surface area contributed by atoms with Crippen molar-refractivity contribution in [2.75, 3.05) is 12.4 Å². The number of carbonyl (C=O) groups is 2. The summed E-state index contributed by atoms with van der Waals surface area (Å²) in [6.45, 7) is 0. The monoisotopic (exact) mass is 378 g/mol. The summed E-state index contributed by atoms with van der Waals surface area (Å²) in [6.07, 6.45) is 12.5. The molecule has 1 aliphatic rings. The number of rotatable bonds is 10. The van der Waals surface area contributed by atoms with Crippen LogP contribution in [0.3, 0.4) is 0 Å². The number of allylic oxidation sites excluding steroid dienone is 4. The lowest BCUT2D eigenvalue weighted by molar-refractivity contribution is -0.129. The van der Waals surface area contributed by atoms with E-state index in [0.29, 0.717) is 24.4 Å². The Bertz CT molecular complexity index is 657. The van der Waals surface area contributed by atoms with E-state index in [9.17, 15) is 9.59 Å². The van der Waals surface area contributed by atoms with Crippen LogP contribution in [0.1, 0.15) is 50.1 Å². The van der Waals surface area contributed by atoms with Crippen molar-refractivity contribution in [2.45, 2.75) is 50.5 Å². The van der Waals surface area contributed by atoms with E-state index < -0.39 is 0 Å². The highest BCUT2D eigenvalue weighted by Gasteiger charge is 2.19. The Balaban J connectivity index is 1.76. The summed E-state index contributed by atoms with van der Waals surface area (Å²) < 4.78 is 0. The molecular formula is C18H26N4O3S. The Morgan fingerprint density at radius 2 is 2.19 bits per heavy atom. The molecule has 0 fully saturated rings. The fraction of sp³-hybridized carbons (Fsp3) is 0.500. The standard InChI is InChI=1S/C18H26N4O3S/c1-19-14(10-6-3-7-11-16(23)22-25)17(24)21-18-20-15(12-26-18)13-8-4-2-5-9-13/h2,4-5,8,12-14,19,25H,3,6-7,9-11H2,1H3,(H,22,23)(H,20,21,24)/t13?,14-/m0/s1. The maximum absolute atomic E-state index is 12.4. The summed E-state index contributed by atoms with van der Waals surface area (Å²) >= 11 is 1.44. The first-order valence-electron chi connectivity index (χ1n) is 8.84. The number of nitrogens with zero attached hydrogens (tertiary/aromatic N) is 1. The van der Waals surface area contributed by atoms with Gasteiger partial charge in [0.15, 0.2) is 5.13 Å². The van der Waals surface area contributed by atoms with Gasteiger partial charge in [0.05, 0.1) is 11.7 Å². The minimum Gasteiger partial charge on any atom is -0.309 e. The Morgan fingerprint density at radius 1 is 1.35 bits per heavy atom. The summed E-state index contributed by atoms with van der Waals surface area (Å²) in [5, 5.41) is 17.0. The summed E-state index contributed by atoms with van der Waals surface area (Å²) in [5.41, 5.74) is 2.60. The van der Waals surface area contributed by atoms with E-state index >= 15 is 0 Å². The van der Waals surface area contributed by atoms with Gasteiger partial charge in [0.25, 0.3) is 0 Å². The Labute approximate surface area is 157 Å². The molecule has 1 aliphatic carbocycles. The quantitative estimate of drug-likeness (QED) is 0.285. The number of anilines is 1. The molecule has 1 heterocycles. The van der Waals surface area contributed by atoms with Crippen molar-refractivity contribution in [3.63, 3.8) is 0 Å². The lowest BCUT2D eigenvalue weighted by Crippen LogP contribution is -2.38. The first kappa shape index (κ1) is 20.3. The Kier molecular flexibility index (Phi) is 8.46. The Hall–Kier alpha value is -2.03. The lowest BCUT2D eigenvalue weighted by Gasteiger charge is -2.15. The molecule has 0 aromatic carbocycles. The molecule has 1 unspecified atom stereocenters. The third kappa shape index (κ3) is 6.36.